The monoisotopic (exact) mass is 523 g/mol. The number of pyridine rings is 1. The lowest BCUT2D eigenvalue weighted by atomic mass is 10.1. The van der Waals surface area contributed by atoms with E-state index in [-0.39, 0.29) is 5.91 Å². The highest BCUT2D eigenvalue weighted by molar-refractivity contribution is 7.16. The Labute approximate surface area is 225 Å². The van der Waals surface area contributed by atoms with Crippen LogP contribution >= 0.6 is 11.3 Å². The molecule has 9 heteroatoms. The van der Waals surface area contributed by atoms with Crippen molar-refractivity contribution in [2.45, 2.75) is 19.4 Å². The van der Waals surface area contributed by atoms with Crippen LogP contribution in [0.3, 0.4) is 0 Å². The number of thiazole rings is 1. The standard InChI is InChI=1S/C29H29N7OS/c1-19-5-4-6-28(31-19)36-26(20-7-12-24-27(15-20)38-18-30-24)16-25(33-36)29(37)32-21-8-10-22(11-9-21)35-14-13-23(17-35)34(2)3/h4-12,15-16,18,23H,13-14,17H2,1-3H3,(H,32,37)/t23-/m0/s1. The SMILES string of the molecule is Cc1cccc(-n2nc(C(=O)Nc3ccc(N4CC[C@H](N(C)C)C4)cc3)cc2-c2ccc3ncsc3c2)n1. The molecule has 1 atom stereocenters. The highest BCUT2D eigenvalue weighted by Gasteiger charge is 2.24. The minimum atomic E-state index is -0.266. The zero-order chi connectivity index (χ0) is 26.2. The summed E-state index contributed by atoms with van der Waals surface area (Å²) in [4.78, 5) is 27.0. The normalized spacial score (nSPS) is 15.5. The zero-order valence-corrected chi connectivity index (χ0v) is 22.4. The molecule has 6 rings (SSSR count). The molecule has 1 amide bonds. The molecule has 0 aliphatic carbocycles. The molecular weight excluding hydrogens is 494 g/mol. The maximum Gasteiger partial charge on any atom is 0.276 e. The predicted octanol–water partition coefficient (Wildman–Crippen LogP) is 5.25. The van der Waals surface area contributed by atoms with E-state index < -0.39 is 0 Å². The molecule has 8 nitrogen and oxygen atoms in total. The Morgan fingerprint density at radius 2 is 1.92 bits per heavy atom. The lowest BCUT2D eigenvalue weighted by Gasteiger charge is -2.22. The summed E-state index contributed by atoms with van der Waals surface area (Å²) < 4.78 is 2.82. The quantitative estimate of drug-likeness (QED) is 0.328. The fourth-order valence-electron chi connectivity index (χ4n) is 4.88. The van der Waals surface area contributed by atoms with Gasteiger partial charge in [0.05, 0.1) is 21.4 Å². The van der Waals surface area contributed by atoms with Crippen molar-refractivity contribution < 1.29 is 4.79 Å². The van der Waals surface area contributed by atoms with Crippen LogP contribution in [0.5, 0.6) is 0 Å². The van der Waals surface area contributed by atoms with E-state index >= 15 is 0 Å². The number of benzene rings is 2. The predicted molar refractivity (Wildman–Crippen MR) is 153 cm³/mol. The largest absolute Gasteiger partial charge is 0.370 e. The highest BCUT2D eigenvalue weighted by atomic mass is 32.1. The van der Waals surface area contributed by atoms with Crippen LogP contribution in [0.15, 0.2) is 72.2 Å². The van der Waals surface area contributed by atoms with Crippen molar-refractivity contribution in [1.29, 1.82) is 0 Å². The summed E-state index contributed by atoms with van der Waals surface area (Å²) in [5.74, 6) is 0.396. The Hall–Kier alpha value is -4.08. The summed E-state index contributed by atoms with van der Waals surface area (Å²) in [6, 6.07) is 22.3. The average Bonchev–Trinajstić information content (AvgIpc) is 3.68. The summed E-state index contributed by atoms with van der Waals surface area (Å²) in [5, 5.41) is 7.70. The molecule has 1 aliphatic heterocycles. The van der Waals surface area contributed by atoms with Gasteiger partial charge in [-0.05, 0) is 82.0 Å². The number of nitrogens with one attached hydrogen (secondary N) is 1. The van der Waals surface area contributed by atoms with Gasteiger partial charge in [0.15, 0.2) is 11.5 Å². The number of hydrogen-bond acceptors (Lipinski definition) is 7. The van der Waals surface area contributed by atoms with Crippen molar-refractivity contribution in [3.8, 4) is 17.1 Å². The van der Waals surface area contributed by atoms with Gasteiger partial charge in [-0.25, -0.2) is 14.6 Å². The van der Waals surface area contributed by atoms with E-state index in [2.05, 4.69) is 62.5 Å². The van der Waals surface area contributed by atoms with Gasteiger partial charge in [0, 0.05) is 41.8 Å². The number of amides is 1. The number of carbonyl (C=O) groups excluding carboxylic acids is 1. The van der Waals surface area contributed by atoms with E-state index in [1.807, 2.05) is 61.0 Å². The third-order valence-corrected chi connectivity index (χ3v) is 7.84. The van der Waals surface area contributed by atoms with E-state index in [0.29, 0.717) is 17.6 Å². The first-order valence-electron chi connectivity index (χ1n) is 12.6. The van der Waals surface area contributed by atoms with E-state index in [9.17, 15) is 4.79 Å². The van der Waals surface area contributed by atoms with Crippen LogP contribution in [0, 0.1) is 6.92 Å². The van der Waals surface area contributed by atoms with E-state index in [1.54, 1.807) is 16.0 Å². The first-order chi connectivity index (χ1) is 18.4. The number of carbonyl (C=O) groups is 1. The molecule has 1 saturated heterocycles. The van der Waals surface area contributed by atoms with Gasteiger partial charge < -0.3 is 15.1 Å². The fraction of sp³-hybridized carbons (Fsp3) is 0.241. The highest BCUT2D eigenvalue weighted by Crippen LogP contribution is 2.29. The summed E-state index contributed by atoms with van der Waals surface area (Å²) in [6.07, 6.45) is 1.15. The first-order valence-corrected chi connectivity index (χ1v) is 13.5. The van der Waals surface area contributed by atoms with Gasteiger partial charge in [-0.1, -0.05) is 12.1 Å². The van der Waals surface area contributed by atoms with Crippen LogP contribution in [0.2, 0.25) is 0 Å². The second-order valence-electron chi connectivity index (χ2n) is 9.85. The van der Waals surface area contributed by atoms with Crippen molar-refractivity contribution in [2.75, 3.05) is 37.4 Å². The molecule has 0 radical (unpaired) electrons. The van der Waals surface area contributed by atoms with Crippen molar-refractivity contribution in [1.82, 2.24) is 24.6 Å². The second kappa shape index (κ2) is 10.00. The molecule has 1 fully saturated rings. The Morgan fingerprint density at radius 3 is 2.68 bits per heavy atom. The van der Waals surface area contributed by atoms with E-state index in [0.717, 1.165) is 52.4 Å². The molecule has 0 unspecified atom stereocenters. The summed E-state index contributed by atoms with van der Waals surface area (Å²) >= 11 is 1.59. The molecular formula is C29H29N7OS. The van der Waals surface area contributed by atoms with Crippen molar-refractivity contribution in [3.63, 3.8) is 0 Å². The third-order valence-electron chi connectivity index (χ3n) is 7.04. The van der Waals surface area contributed by atoms with Gasteiger partial charge in [-0.3, -0.25) is 4.79 Å². The topological polar surface area (TPSA) is 79.2 Å². The summed E-state index contributed by atoms with van der Waals surface area (Å²) in [5.41, 5.74) is 7.63. The maximum absolute atomic E-state index is 13.3. The number of hydrogen-bond donors (Lipinski definition) is 1. The molecule has 1 N–H and O–H groups in total. The summed E-state index contributed by atoms with van der Waals surface area (Å²) in [6.45, 7) is 3.99. The molecule has 1 aliphatic rings. The lowest BCUT2D eigenvalue weighted by molar-refractivity contribution is 0.102. The molecule has 192 valence electrons. The molecule has 5 aromatic rings. The molecule has 0 bridgehead atoms. The van der Waals surface area contributed by atoms with Crippen molar-refractivity contribution in [3.05, 3.63) is 83.6 Å². The Kier molecular flexibility index (Phi) is 6.39. The van der Waals surface area contributed by atoms with Gasteiger partial charge in [0.1, 0.15) is 0 Å². The molecule has 3 aromatic heterocycles. The number of anilines is 2. The van der Waals surface area contributed by atoms with Crippen molar-refractivity contribution >= 4 is 38.8 Å². The number of likely N-dealkylation sites (N-methyl/N-ethyl adjacent to an activating group) is 1. The van der Waals surface area contributed by atoms with Crippen LogP contribution in [0.4, 0.5) is 11.4 Å². The smallest absolute Gasteiger partial charge is 0.276 e. The number of nitrogens with zero attached hydrogens (tertiary/aromatic N) is 6. The lowest BCUT2D eigenvalue weighted by Crippen LogP contribution is -2.31. The van der Waals surface area contributed by atoms with Gasteiger partial charge >= 0.3 is 0 Å². The second-order valence-corrected chi connectivity index (χ2v) is 10.7. The van der Waals surface area contributed by atoms with Crippen LogP contribution < -0.4 is 10.2 Å². The third kappa shape index (κ3) is 4.78. The van der Waals surface area contributed by atoms with Crippen molar-refractivity contribution in [2.24, 2.45) is 0 Å². The van der Waals surface area contributed by atoms with Gasteiger partial charge in [-0.15, -0.1) is 11.3 Å². The van der Waals surface area contributed by atoms with Crippen LogP contribution in [0.1, 0.15) is 22.6 Å². The van der Waals surface area contributed by atoms with Crippen LogP contribution in [-0.2, 0) is 0 Å². The van der Waals surface area contributed by atoms with Crippen LogP contribution in [0.25, 0.3) is 27.3 Å². The molecule has 4 heterocycles. The van der Waals surface area contributed by atoms with E-state index in [1.165, 1.54) is 5.69 Å². The minimum absolute atomic E-state index is 0.266. The summed E-state index contributed by atoms with van der Waals surface area (Å²) in [7, 11) is 4.26. The number of fused-ring (bicyclic) bond motifs is 1. The Morgan fingerprint density at radius 1 is 1.08 bits per heavy atom. The first kappa shape index (κ1) is 24.3. The molecule has 2 aromatic carbocycles. The zero-order valence-electron chi connectivity index (χ0n) is 21.6. The number of aryl methyl sites for hydroxylation is 1. The maximum atomic E-state index is 13.3. The molecule has 38 heavy (non-hydrogen) atoms. The average molecular weight is 524 g/mol. The number of aromatic nitrogens is 4. The number of rotatable bonds is 6. The Balaban J connectivity index is 1.27. The fourth-order valence-corrected chi connectivity index (χ4v) is 5.60. The Bertz CT molecular complexity index is 1610. The molecule has 0 saturated carbocycles. The van der Waals surface area contributed by atoms with Gasteiger partial charge in [-0.2, -0.15) is 5.10 Å². The van der Waals surface area contributed by atoms with Gasteiger partial charge in [0.2, 0.25) is 0 Å². The van der Waals surface area contributed by atoms with Gasteiger partial charge in [0.25, 0.3) is 5.91 Å². The minimum Gasteiger partial charge on any atom is -0.370 e. The molecule has 0 spiro atoms. The van der Waals surface area contributed by atoms with E-state index in [4.69, 9.17) is 0 Å². The van der Waals surface area contributed by atoms with Crippen LogP contribution in [-0.4, -0.2) is 63.8 Å².